The van der Waals surface area contributed by atoms with Gasteiger partial charge >= 0.3 is 0 Å². The molecule has 0 aliphatic carbocycles. The van der Waals surface area contributed by atoms with Crippen LogP contribution in [0.4, 0.5) is 0 Å². The molecule has 74 valence electrons. The van der Waals surface area contributed by atoms with Crippen molar-refractivity contribution in [3.8, 4) is 0 Å². The summed E-state index contributed by atoms with van der Waals surface area (Å²) in [6.45, 7) is 2.67. The summed E-state index contributed by atoms with van der Waals surface area (Å²) >= 11 is 0. The van der Waals surface area contributed by atoms with Crippen LogP contribution in [0.5, 0.6) is 0 Å². The van der Waals surface area contributed by atoms with Crippen molar-refractivity contribution in [2.24, 2.45) is 5.73 Å². The molecule has 0 saturated heterocycles. The van der Waals surface area contributed by atoms with Crippen LogP contribution in [0.15, 0.2) is 0 Å². The molecule has 0 bridgehead atoms. The van der Waals surface area contributed by atoms with Gasteiger partial charge in [-0.2, -0.15) is 0 Å². The normalized spacial score (nSPS) is 9.08. The van der Waals surface area contributed by atoms with Crippen LogP contribution in [0.25, 0.3) is 0 Å². The Labute approximate surface area is 74.4 Å². The fourth-order valence-corrected chi connectivity index (χ4v) is 0.321. The van der Waals surface area contributed by atoms with Gasteiger partial charge in [0.2, 0.25) is 0 Å². The Morgan fingerprint density at radius 1 is 1.50 bits per heavy atom. The van der Waals surface area contributed by atoms with Crippen molar-refractivity contribution in [2.45, 2.75) is 26.2 Å². The molecule has 0 rings (SSSR count). The van der Waals surface area contributed by atoms with Gasteiger partial charge in [0.1, 0.15) is 6.67 Å². The summed E-state index contributed by atoms with van der Waals surface area (Å²) in [6.07, 6.45) is 1.87. The highest BCUT2D eigenvalue weighted by Gasteiger charge is 1.80. The zero-order chi connectivity index (χ0) is 9.98. The third-order valence-corrected chi connectivity index (χ3v) is 1.14. The molecular weight excluding hydrogens is 156 g/mol. The summed E-state index contributed by atoms with van der Waals surface area (Å²) < 4.78 is 0. The SMILES string of the molecule is CCCCC(=O)[O-].C[NH+](C)CN. The fourth-order valence-electron chi connectivity index (χ4n) is 0.321. The molecule has 0 radical (unpaired) electrons. The summed E-state index contributed by atoms with van der Waals surface area (Å²) in [5.41, 5.74) is 5.13. The van der Waals surface area contributed by atoms with Crippen molar-refractivity contribution < 1.29 is 14.8 Å². The number of carboxylic acids is 1. The number of carbonyl (C=O) groups is 1. The zero-order valence-electron chi connectivity index (χ0n) is 8.22. The first-order chi connectivity index (χ1) is 5.54. The predicted octanol–water partition coefficient (Wildman–Crippen LogP) is -2.03. The van der Waals surface area contributed by atoms with E-state index in [4.69, 9.17) is 5.73 Å². The maximum atomic E-state index is 9.65. The maximum Gasteiger partial charge on any atom is 0.128 e. The third kappa shape index (κ3) is 22.8. The largest absolute Gasteiger partial charge is 0.550 e. The highest BCUT2D eigenvalue weighted by molar-refractivity contribution is 5.63. The Morgan fingerprint density at radius 2 is 1.92 bits per heavy atom. The lowest BCUT2D eigenvalue weighted by molar-refractivity contribution is -0.857. The summed E-state index contributed by atoms with van der Waals surface area (Å²) in [6, 6.07) is 0. The van der Waals surface area contributed by atoms with E-state index in [1.165, 1.54) is 4.90 Å². The molecule has 0 aromatic rings. The molecule has 0 amide bonds. The smallest absolute Gasteiger partial charge is 0.128 e. The van der Waals surface area contributed by atoms with Gasteiger partial charge in [-0.15, -0.1) is 0 Å². The Kier molecular flexibility index (Phi) is 12.1. The van der Waals surface area contributed by atoms with Gasteiger partial charge in [-0.25, -0.2) is 0 Å². The van der Waals surface area contributed by atoms with Crippen molar-refractivity contribution in [3.05, 3.63) is 0 Å². The van der Waals surface area contributed by atoms with E-state index in [1.54, 1.807) is 0 Å². The Morgan fingerprint density at radius 3 is 2.00 bits per heavy atom. The average molecular weight is 176 g/mol. The summed E-state index contributed by atoms with van der Waals surface area (Å²) in [4.78, 5) is 10.9. The van der Waals surface area contributed by atoms with Gasteiger partial charge < -0.3 is 14.8 Å². The molecule has 0 spiro atoms. The van der Waals surface area contributed by atoms with Crippen LogP contribution in [0.2, 0.25) is 0 Å². The van der Waals surface area contributed by atoms with E-state index in [-0.39, 0.29) is 6.42 Å². The average Bonchev–Trinajstić information content (AvgIpc) is 2.02. The van der Waals surface area contributed by atoms with Crippen LogP contribution in [-0.4, -0.2) is 26.7 Å². The summed E-state index contributed by atoms with van der Waals surface area (Å²) in [5, 5.41) is 9.65. The lowest BCUT2D eigenvalue weighted by Crippen LogP contribution is -3.07. The third-order valence-electron chi connectivity index (χ3n) is 1.14. The standard InChI is InChI=1S/C5H10O2.C3H10N2/c1-2-3-4-5(6)7;1-5(2)3-4/h2-4H2,1H3,(H,6,7);3-4H2,1-2H3. The number of nitrogens with one attached hydrogen (secondary N) is 1. The molecule has 0 heterocycles. The minimum Gasteiger partial charge on any atom is -0.550 e. The Bertz CT molecular complexity index is 105. The van der Waals surface area contributed by atoms with Gasteiger partial charge in [0, 0.05) is 5.97 Å². The Balaban J connectivity index is 0. The van der Waals surface area contributed by atoms with E-state index in [2.05, 4.69) is 0 Å². The molecule has 4 heteroatoms. The van der Waals surface area contributed by atoms with Crippen molar-refractivity contribution in [1.29, 1.82) is 0 Å². The molecule has 12 heavy (non-hydrogen) atoms. The van der Waals surface area contributed by atoms with E-state index in [9.17, 15) is 9.90 Å². The molecule has 0 aliphatic rings. The van der Waals surface area contributed by atoms with Gasteiger partial charge in [-0.3, -0.25) is 5.73 Å². The Hall–Kier alpha value is -0.610. The van der Waals surface area contributed by atoms with E-state index in [0.717, 1.165) is 19.5 Å². The van der Waals surface area contributed by atoms with Crippen LogP contribution in [0, 0.1) is 0 Å². The number of carboxylic acid groups (broad SMARTS) is 1. The number of unbranched alkanes of at least 4 members (excludes halogenated alkanes) is 1. The zero-order valence-corrected chi connectivity index (χ0v) is 8.22. The molecule has 4 nitrogen and oxygen atoms in total. The van der Waals surface area contributed by atoms with Crippen molar-refractivity contribution in [3.63, 3.8) is 0 Å². The number of carbonyl (C=O) groups excluding carboxylic acids is 1. The van der Waals surface area contributed by atoms with Gasteiger partial charge in [-0.05, 0) is 12.8 Å². The molecule has 0 aliphatic heterocycles. The molecule has 0 fully saturated rings. The maximum absolute atomic E-state index is 9.65. The van der Waals surface area contributed by atoms with E-state index in [1.807, 2.05) is 21.0 Å². The van der Waals surface area contributed by atoms with Crippen LogP contribution < -0.4 is 15.7 Å². The highest BCUT2D eigenvalue weighted by atomic mass is 16.4. The fraction of sp³-hybridized carbons (Fsp3) is 0.875. The van der Waals surface area contributed by atoms with E-state index < -0.39 is 5.97 Å². The molecule has 0 aromatic carbocycles. The first-order valence-corrected chi connectivity index (χ1v) is 4.23. The van der Waals surface area contributed by atoms with Crippen molar-refractivity contribution >= 4 is 5.97 Å². The van der Waals surface area contributed by atoms with Crippen molar-refractivity contribution in [1.82, 2.24) is 0 Å². The second-order valence-corrected chi connectivity index (χ2v) is 2.89. The lowest BCUT2D eigenvalue weighted by Gasteiger charge is -1.97. The molecule has 0 atom stereocenters. The molecule has 3 N–H and O–H groups in total. The molecule has 0 aromatic heterocycles. The van der Waals surface area contributed by atoms with Crippen LogP contribution in [0.3, 0.4) is 0 Å². The number of aliphatic carboxylic acids is 1. The first-order valence-electron chi connectivity index (χ1n) is 4.23. The van der Waals surface area contributed by atoms with Crippen molar-refractivity contribution in [2.75, 3.05) is 20.8 Å². The summed E-state index contributed by atoms with van der Waals surface area (Å²) in [7, 11) is 4.03. The topological polar surface area (TPSA) is 70.6 Å². The quantitative estimate of drug-likeness (QED) is 0.485. The molecule has 0 saturated carbocycles. The van der Waals surface area contributed by atoms with Crippen LogP contribution >= 0.6 is 0 Å². The lowest BCUT2D eigenvalue weighted by atomic mass is 10.3. The highest BCUT2D eigenvalue weighted by Crippen LogP contribution is 1.89. The van der Waals surface area contributed by atoms with Crippen LogP contribution in [-0.2, 0) is 4.79 Å². The van der Waals surface area contributed by atoms with Gasteiger partial charge in [0.15, 0.2) is 0 Å². The number of quaternary nitrogens is 1. The van der Waals surface area contributed by atoms with Crippen LogP contribution in [0.1, 0.15) is 26.2 Å². The van der Waals surface area contributed by atoms with Gasteiger partial charge in [0.25, 0.3) is 0 Å². The van der Waals surface area contributed by atoms with Gasteiger partial charge in [0.05, 0.1) is 14.1 Å². The molecular formula is C8H20N2O2. The predicted molar refractivity (Wildman–Crippen MR) is 46.4 cm³/mol. The van der Waals surface area contributed by atoms with Gasteiger partial charge in [-0.1, -0.05) is 13.3 Å². The second kappa shape index (κ2) is 10.4. The van der Waals surface area contributed by atoms with E-state index >= 15 is 0 Å². The number of hydrogen-bond donors (Lipinski definition) is 2. The minimum atomic E-state index is -0.943. The molecule has 0 unspecified atom stereocenters. The second-order valence-electron chi connectivity index (χ2n) is 2.89. The monoisotopic (exact) mass is 176 g/mol. The number of hydrogen-bond acceptors (Lipinski definition) is 3. The van der Waals surface area contributed by atoms with E-state index in [0.29, 0.717) is 0 Å². The first kappa shape index (κ1) is 13.9. The number of nitrogens with two attached hydrogens (primary N) is 1. The minimum absolute atomic E-state index is 0.205. The summed E-state index contributed by atoms with van der Waals surface area (Å²) in [5.74, 6) is -0.943. The number of rotatable bonds is 4.